The molecule has 0 saturated carbocycles. The number of hydrogen-bond acceptors (Lipinski definition) is 6. The molecule has 1 heterocycles. The molecule has 5 N–H and O–H groups in total. The van der Waals surface area contributed by atoms with Gasteiger partial charge in [0.25, 0.3) is 0 Å². The van der Waals surface area contributed by atoms with Gasteiger partial charge < -0.3 is 11.1 Å². The normalized spacial score (nSPS) is 11.3. The highest BCUT2D eigenvalue weighted by Crippen LogP contribution is 2.25. The van der Waals surface area contributed by atoms with E-state index in [4.69, 9.17) is 10.9 Å². The van der Waals surface area contributed by atoms with Crippen LogP contribution in [0.1, 0.15) is 11.5 Å². The molecule has 2 aromatic rings. The quantitative estimate of drug-likeness (QED) is 0.710. The van der Waals surface area contributed by atoms with Crippen molar-refractivity contribution in [3.63, 3.8) is 0 Å². The van der Waals surface area contributed by atoms with Gasteiger partial charge in [0.1, 0.15) is 10.7 Å². The molecule has 0 saturated heterocycles. The molecule has 0 amide bonds. The number of nitrogen functional groups attached to an aromatic ring is 1. The number of nitrogens with one attached hydrogen (secondary N) is 1. The second-order valence-electron chi connectivity index (χ2n) is 4.21. The Hall–Kier alpha value is -2.19. The predicted octanol–water partition coefficient (Wildman–Crippen LogP) is 0.627. The van der Waals surface area contributed by atoms with Gasteiger partial charge in [-0.05, 0) is 25.1 Å². The van der Waals surface area contributed by atoms with Crippen LogP contribution in [0.5, 0.6) is 0 Å². The molecule has 0 spiro atoms. The van der Waals surface area contributed by atoms with Crippen molar-refractivity contribution in [1.82, 2.24) is 9.97 Å². The summed E-state index contributed by atoms with van der Waals surface area (Å²) >= 11 is 0. The van der Waals surface area contributed by atoms with Crippen LogP contribution in [0.15, 0.2) is 35.4 Å². The Labute approximate surface area is 117 Å². The largest absolute Gasteiger partial charge is 0.396 e. The Morgan fingerprint density at radius 3 is 2.70 bits per heavy atom. The van der Waals surface area contributed by atoms with E-state index in [1.165, 1.54) is 6.07 Å². The number of hydrogen-bond donors (Lipinski definition) is 3. The minimum absolute atomic E-state index is 0.0960. The monoisotopic (exact) mass is 293 g/mol. The van der Waals surface area contributed by atoms with Crippen LogP contribution < -0.4 is 16.2 Å². The van der Waals surface area contributed by atoms with Crippen molar-refractivity contribution < 1.29 is 8.42 Å². The summed E-state index contributed by atoms with van der Waals surface area (Å²) in [5, 5.41) is 8.13. The van der Waals surface area contributed by atoms with E-state index in [0.29, 0.717) is 18.1 Å². The maximum Gasteiger partial charge on any atom is 0.240 e. The van der Waals surface area contributed by atoms with E-state index in [1.54, 1.807) is 31.3 Å². The molecule has 1 aromatic heterocycles. The summed E-state index contributed by atoms with van der Waals surface area (Å²) in [4.78, 5) is 8.14. The highest BCUT2D eigenvalue weighted by molar-refractivity contribution is 7.89. The Kier molecular flexibility index (Phi) is 3.86. The molecule has 0 aliphatic carbocycles. The molecular formula is C12H15N5O2S. The fourth-order valence-corrected chi connectivity index (χ4v) is 2.42. The molecule has 20 heavy (non-hydrogen) atoms. The molecule has 0 aliphatic heterocycles. The van der Waals surface area contributed by atoms with Crippen molar-refractivity contribution in [3.8, 4) is 0 Å². The van der Waals surface area contributed by atoms with Crippen LogP contribution in [0.2, 0.25) is 0 Å². The Morgan fingerprint density at radius 2 is 2.05 bits per heavy atom. The van der Waals surface area contributed by atoms with Gasteiger partial charge in [0.15, 0.2) is 0 Å². The number of aromatic nitrogens is 2. The molecule has 1 aromatic carbocycles. The van der Waals surface area contributed by atoms with Crippen LogP contribution in [0.4, 0.5) is 11.4 Å². The standard InChI is InChI=1S/C12H15N5O2S/c1-8-15-6-5-9(17-8)7-16-10-3-2-4-11(12(10)13)20(14,18)19/h2-6,16H,7,13H2,1H3,(H2,14,18,19). The van der Waals surface area contributed by atoms with E-state index < -0.39 is 10.0 Å². The Balaban J connectivity index is 2.23. The molecule has 0 radical (unpaired) electrons. The van der Waals surface area contributed by atoms with Crippen LogP contribution in [0.25, 0.3) is 0 Å². The number of rotatable bonds is 4. The number of benzene rings is 1. The average molecular weight is 293 g/mol. The summed E-state index contributed by atoms with van der Waals surface area (Å²) in [6.07, 6.45) is 1.66. The van der Waals surface area contributed by atoms with E-state index in [2.05, 4.69) is 15.3 Å². The van der Waals surface area contributed by atoms with E-state index >= 15 is 0 Å². The summed E-state index contributed by atoms with van der Waals surface area (Å²) in [6.45, 7) is 2.20. The first-order valence-electron chi connectivity index (χ1n) is 5.81. The summed E-state index contributed by atoms with van der Waals surface area (Å²) in [6, 6.07) is 6.38. The number of primary sulfonamides is 1. The fraction of sp³-hybridized carbons (Fsp3) is 0.167. The average Bonchev–Trinajstić information content (AvgIpc) is 2.36. The van der Waals surface area contributed by atoms with E-state index in [9.17, 15) is 8.42 Å². The third-order valence-electron chi connectivity index (χ3n) is 2.67. The lowest BCUT2D eigenvalue weighted by Crippen LogP contribution is -2.15. The highest BCUT2D eigenvalue weighted by atomic mass is 32.2. The van der Waals surface area contributed by atoms with Crippen LogP contribution in [0, 0.1) is 6.92 Å². The lowest BCUT2D eigenvalue weighted by molar-refractivity contribution is 0.598. The second-order valence-corrected chi connectivity index (χ2v) is 5.74. The number of anilines is 2. The molecule has 2 rings (SSSR count). The summed E-state index contributed by atoms with van der Waals surface area (Å²) in [5.74, 6) is 0.663. The van der Waals surface area contributed by atoms with Crippen molar-refractivity contribution in [2.75, 3.05) is 11.1 Å². The van der Waals surface area contributed by atoms with Crippen LogP contribution in [0.3, 0.4) is 0 Å². The lowest BCUT2D eigenvalue weighted by Gasteiger charge is -2.11. The smallest absolute Gasteiger partial charge is 0.240 e. The summed E-state index contributed by atoms with van der Waals surface area (Å²) in [5.41, 5.74) is 7.18. The number of para-hydroxylation sites is 1. The van der Waals surface area contributed by atoms with E-state index in [1.807, 2.05) is 0 Å². The minimum atomic E-state index is -3.84. The first-order chi connectivity index (χ1) is 9.38. The highest BCUT2D eigenvalue weighted by Gasteiger charge is 2.14. The maximum absolute atomic E-state index is 11.4. The number of sulfonamides is 1. The van der Waals surface area contributed by atoms with Crippen molar-refractivity contribution in [3.05, 3.63) is 42.0 Å². The van der Waals surface area contributed by atoms with Gasteiger partial charge >= 0.3 is 0 Å². The molecule has 106 valence electrons. The second kappa shape index (κ2) is 5.43. The molecule has 8 heteroatoms. The van der Waals surface area contributed by atoms with Gasteiger partial charge in [-0.1, -0.05) is 6.07 Å². The lowest BCUT2D eigenvalue weighted by atomic mass is 10.2. The third-order valence-corrected chi connectivity index (χ3v) is 3.64. The Bertz CT molecular complexity index is 730. The van der Waals surface area contributed by atoms with Crippen molar-refractivity contribution in [2.45, 2.75) is 18.4 Å². The van der Waals surface area contributed by atoms with Gasteiger partial charge in [-0.3, -0.25) is 0 Å². The van der Waals surface area contributed by atoms with E-state index in [-0.39, 0.29) is 10.6 Å². The first kappa shape index (κ1) is 14.2. The first-order valence-corrected chi connectivity index (χ1v) is 7.36. The number of nitrogens with two attached hydrogens (primary N) is 2. The van der Waals surface area contributed by atoms with Gasteiger partial charge in [0, 0.05) is 6.20 Å². The van der Waals surface area contributed by atoms with Gasteiger partial charge in [0.2, 0.25) is 10.0 Å². The Morgan fingerprint density at radius 1 is 1.30 bits per heavy atom. The zero-order valence-electron chi connectivity index (χ0n) is 10.9. The molecular weight excluding hydrogens is 278 g/mol. The van der Waals surface area contributed by atoms with Gasteiger partial charge in [-0.15, -0.1) is 0 Å². The van der Waals surface area contributed by atoms with Gasteiger partial charge in [-0.25, -0.2) is 23.5 Å². The zero-order chi connectivity index (χ0) is 14.8. The van der Waals surface area contributed by atoms with Gasteiger partial charge in [-0.2, -0.15) is 0 Å². The zero-order valence-corrected chi connectivity index (χ0v) is 11.7. The van der Waals surface area contributed by atoms with Crippen LogP contribution in [-0.2, 0) is 16.6 Å². The molecule has 0 fully saturated rings. The SMILES string of the molecule is Cc1nccc(CNc2cccc(S(N)(=O)=O)c2N)n1. The van der Waals surface area contributed by atoms with Crippen molar-refractivity contribution in [1.29, 1.82) is 0 Å². The molecule has 0 unspecified atom stereocenters. The fourth-order valence-electron chi connectivity index (χ4n) is 1.74. The van der Waals surface area contributed by atoms with Crippen LogP contribution in [-0.4, -0.2) is 18.4 Å². The molecule has 7 nitrogen and oxygen atoms in total. The number of aryl methyl sites for hydroxylation is 1. The molecule has 0 bridgehead atoms. The summed E-state index contributed by atoms with van der Waals surface area (Å²) in [7, 11) is -3.84. The van der Waals surface area contributed by atoms with Gasteiger partial charge in [0.05, 0.1) is 23.6 Å². The van der Waals surface area contributed by atoms with Crippen molar-refractivity contribution >= 4 is 21.4 Å². The maximum atomic E-state index is 11.4. The number of nitrogens with zero attached hydrogens (tertiary/aromatic N) is 2. The minimum Gasteiger partial charge on any atom is -0.396 e. The third kappa shape index (κ3) is 3.22. The van der Waals surface area contributed by atoms with Crippen LogP contribution >= 0.6 is 0 Å². The summed E-state index contributed by atoms with van der Waals surface area (Å²) < 4.78 is 22.7. The van der Waals surface area contributed by atoms with E-state index in [0.717, 1.165) is 5.69 Å². The predicted molar refractivity (Wildman–Crippen MR) is 76.3 cm³/mol. The molecule has 0 atom stereocenters. The molecule has 0 aliphatic rings. The topological polar surface area (TPSA) is 124 Å². The van der Waals surface area contributed by atoms with Crippen molar-refractivity contribution in [2.24, 2.45) is 5.14 Å².